The molecule has 0 aromatic heterocycles. The van der Waals surface area contributed by atoms with Crippen LogP contribution in [0.3, 0.4) is 0 Å². The van der Waals surface area contributed by atoms with Gasteiger partial charge in [-0.05, 0) is 74.6 Å². The van der Waals surface area contributed by atoms with Crippen molar-refractivity contribution >= 4 is 30.8 Å². The molecule has 1 fully saturated rings. The predicted molar refractivity (Wildman–Crippen MR) is 149 cm³/mol. The van der Waals surface area contributed by atoms with Gasteiger partial charge in [-0.25, -0.2) is 0 Å². The molecule has 2 rings (SSSR count). The second kappa shape index (κ2) is 9.25. The summed E-state index contributed by atoms with van der Waals surface area (Å²) >= 11 is 0. The summed E-state index contributed by atoms with van der Waals surface area (Å²) in [5.41, 5.74) is 1.41. The Balaban J connectivity index is 2.55. The fourth-order valence-corrected chi connectivity index (χ4v) is 9.58. The smallest absolute Gasteiger partial charge is 0.241 e. The third-order valence-corrected chi connectivity index (χ3v) is 19.4. The first-order valence-corrected chi connectivity index (χ1v) is 22.3. The highest BCUT2D eigenvalue weighted by molar-refractivity contribution is 6.80. The molecule has 0 aromatic rings. The number of amides is 1. The molecule has 192 valence electrons. The van der Waals surface area contributed by atoms with Gasteiger partial charge in [0.05, 0.1) is 23.8 Å². The highest BCUT2D eigenvalue weighted by Crippen LogP contribution is 2.51. The largest absolute Gasteiger partial charge is 0.547 e. The summed E-state index contributed by atoms with van der Waals surface area (Å²) in [6.45, 7) is 32.0. The Morgan fingerprint density at radius 2 is 1.39 bits per heavy atom. The molecule has 0 radical (unpaired) electrons. The van der Waals surface area contributed by atoms with Gasteiger partial charge in [-0.1, -0.05) is 54.6 Å². The summed E-state index contributed by atoms with van der Waals surface area (Å²) in [7, 11) is -5.75. The molecule has 3 atom stereocenters. The van der Waals surface area contributed by atoms with Crippen LogP contribution < -0.4 is 0 Å². The van der Waals surface area contributed by atoms with Crippen molar-refractivity contribution in [2.24, 2.45) is 5.92 Å². The maximum absolute atomic E-state index is 13.9. The van der Waals surface area contributed by atoms with E-state index in [0.29, 0.717) is 5.91 Å². The van der Waals surface area contributed by atoms with Crippen LogP contribution in [0.4, 0.5) is 0 Å². The van der Waals surface area contributed by atoms with E-state index < -0.39 is 24.9 Å². The zero-order valence-electron chi connectivity index (χ0n) is 24.2. The van der Waals surface area contributed by atoms with Crippen molar-refractivity contribution in [2.45, 2.75) is 142 Å². The Bertz CT molecular complexity index is 769. The zero-order valence-corrected chi connectivity index (χ0v) is 27.2. The normalized spacial score (nSPS) is 24.7. The monoisotopic (exact) mass is 511 g/mol. The van der Waals surface area contributed by atoms with Gasteiger partial charge < -0.3 is 13.4 Å². The Hall–Kier alpha value is -0.379. The average Bonchev–Trinajstić information content (AvgIpc) is 2.56. The van der Waals surface area contributed by atoms with Gasteiger partial charge >= 0.3 is 0 Å². The van der Waals surface area contributed by atoms with Crippen molar-refractivity contribution in [1.29, 1.82) is 0 Å². The van der Waals surface area contributed by atoms with E-state index in [0.717, 1.165) is 12.8 Å². The lowest BCUT2D eigenvalue weighted by molar-refractivity contribution is -0.152. The molecule has 1 saturated heterocycles. The van der Waals surface area contributed by atoms with Gasteiger partial charge in [0, 0.05) is 6.42 Å². The number of carbonyl (C=O) groups excluding carboxylic acids is 1. The molecule has 33 heavy (non-hydrogen) atoms. The van der Waals surface area contributed by atoms with Crippen LogP contribution in [0.1, 0.15) is 74.1 Å². The van der Waals surface area contributed by atoms with Gasteiger partial charge in [0.1, 0.15) is 0 Å². The summed E-state index contributed by atoms with van der Waals surface area (Å²) in [4.78, 5) is 13.9. The topological polar surface area (TPSA) is 38.8 Å². The molecule has 0 saturated carbocycles. The zero-order chi connectivity index (χ0) is 25.8. The van der Waals surface area contributed by atoms with E-state index in [-0.39, 0.29) is 28.1 Å². The molecule has 1 aliphatic carbocycles. The van der Waals surface area contributed by atoms with Crippen molar-refractivity contribution in [3.8, 4) is 0 Å². The average molecular weight is 512 g/mol. The fraction of sp³-hybridized carbons (Fsp3) is 0.885. The van der Waals surface area contributed by atoms with Crippen LogP contribution in [0.25, 0.3) is 0 Å². The highest BCUT2D eigenvalue weighted by atomic mass is 28.4. The molecule has 7 heteroatoms. The number of hydrogen-bond donors (Lipinski definition) is 0. The molecule has 0 N–H and O–H groups in total. The second-order valence-electron chi connectivity index (χ2n) is 14.4. The van der Waals surface area contributed by atoms with Gasteiger partial charge in [-0.15, -0.1) is 0 Å². The Morgan fingerprint density at radius 3 is 1.85 bits per heavy atom. The minimum Gasteiger partial charge on any atom is -0.547 e. The fourth-order valence-electron chi connectivity index (χ4n) is 4.74. The molecule has 1 aliphatic heterocycles. The van der Waals surface area contributed by atoms with Gasteiger partial charge in [0.25, 0.3) is 0 Å². The first kappa shape index (κ1) is 28.9. The second-order valence-corrected chi connectivity index (χ2v) is 28.7. The summed E-state index contributed by atoms with van der Waals surface area (Å²) in [5, 5.41) is 0.226. The Labute approximate surface area is 208 Å². The molecule has 2 aliphatic rings. The summed E-state index contributed by atoms with van der Waals surface area (Å²) in [5.74, 6) is 1.41. The molecule has 4 nitrogen and oxygen atoms in total. The van der Waals surface area contributed by atoms with Crippen LogP contribution in [-0.2, 0) is 13.6 Å². The third kappa shape index (κ3) is 5.89. The molecule has 1 heterocycles. The molecule has 0 unspecified atom stereocenters. The summed E-state index contributed by atoms with van der Waals surface area (Å²) in [6, 6.07) is 0.129. The number of hydrogen-bond acceptors (Lipinski definition) is 3. The highest BCUT2D eigenvalue weighted by Gasteiger charge is 2.61. The van der Waals surface area contributed by atoms with Crippen LogP contribution in [0.2, 0.25) is 55.9 Å². The van der Waals surface area contributed by atoms with Gasteiger partial charge in [0.15, 0.2) is 16.6 Å². The Kier molecular flexibility index (Phi) is 8.09. The van der Waals surface area contributed by atoms with Gasteiger partial charge in [-0.3, -0.25) is 4.79 Å². The lowest BCUT2D eigenvalue weighted by Gasteiger charge is -2.61. The van der Waals surface area contributed by atoms with E-state index in [1.165, 1.54) is 24.2 Å². The lowest BCUT2D eigenvalue weighted by Crippen LogP contribution is -2.75. The first-order valence-electron chi connectivity index (χ1n) is 13.0. The van der Waals surface area contributed by atoms with Crippen molar-refractivity contribution in [1.82, 2.24) is 4.57 Å². The minimum atomic E-state index is -2.04. The maximum Gasteiger partial charge on any atom is 0.241 e. The molecule has 0 aromatic carbocycles. The van der Waals surface area contributed by atoms with Crippen molar-refractivity contribution in [3.63, 3.8) is 0 Å². The SMILES string of the molecule is C[C@@H](O[Si](C)(C)C(C)(C)C)[C@H]1C(=O)N([Si](C)(C)C(C)(C)C)[C@H]1C1=C(O[Si](C)(C)C)CCCC1. The molecule has 1 amide bonds. The van der Waals surface area contributed by atoms with E-state index in [1.54, 1.807) is 0 Å². The number of rotatable bonds is 7. The van der Waals surface area contributed by atoms with Crippen molar-refractivity contribution in [2.75, 3.05) is 0 Å². The molecule has 0 bridgehead atoms. The molecular weight excluding hydrogens is 459 g/mol. The molecule has 0 spiro atoms. The van der Waals surface area contributed by atoms with Crippen LogP contribution >= 0.6 is 0 Å². The minimum absolute atomic E-state index is 0.0769. The third-order valence-electron chi connectivity index (χ3n) is 8.62. The van der Waals surface area contributed by atoms with Crippen LogP contribution in [0.15, 0.2) is 11.3 Å². The van der Waals surface area contributed by atoms with E-state index >= 15 is 0 Å². The Morgan fingerprint density at radius 1 is 0.879 bits per heavy atom. The number of allylic oxidation sites excluding steroid dienone is 1. The van der Waals surface area contributed by atoms with Crippen LogP contribution in [-0.4, -0.2) is 47.5 Å². The van der Waals surface area contributed by atoms with Gasteiger partial charge in [-0.2, -0.15) is 0 Å². The maximum atomic E-state index is 13.9. The van der Waals surface area contributed by atoms with Gasteiger partial charge in [0.2, 0.25) is 14.2 Å². The lowest BCUT2D eigenvalue weighted by atomic mass is 9.77. The van der Waals surface area contributed by atoms with Crippen molar-refractivity contribution in [3.05, 3.63) is 11.3 Å². The van der Waals surface area contributed by atoms with E-state index in [2.05, 4.69) is 98.9 Å². The van der Waals surface area contributed by atoms with E-state index in [4.69, 9.17) is 8.85 Å². The number of β-lactam (4-membered cyclic amide) rings is 1. The van der Waals surface area contributed by atoms with E-state index in [9.17, 15) is 4.79 Å². The predicted octanol–water partition coefficient (Wildman–Crippen LogP) is 7.91. The quantitative estimate of drug-likeness (QED) is 0.257. The summed E-state index contributed by atoms with van der Waals surface area (Å²) in [6.07, 6.45) is 4.36. The summed E-state index contributed by atoms with van der Waals surface area (Å²) < 4.78 is 15.8. The van der Waals surface area contributed by atoms with E-state index in [1.807, 2.05) is 0 Å². The molecular formula is C26H53NO3Si3. The van der Waals surface area contributed by atoms with Crippen molar-refractivity contribution < 1.29 is 13.6 Å². The van der Waals surface area contributed by atoms with Crippen LogP contribution in [0, 0.1) is 5.92 Å². The van der Waals surface area contributed by atoms with Crippen LogP contribution in [0.5, 0.6) is 0 Å². The number of carbonyl (C=O) groups is 1. The standard InChI is InChI=1S/C26H53NO3Si3/c1-19(29-33(13,14)26(5,6)7)22-23(27(24(22)28)32(11,12)25(2,3)4)20-17-15-16-18-21(20)30-31(8,9)10/h19,22-23H,15-18H2,1-14H3/t19-,22-,23+/m1/s1. The number of nitrogens with zero attached hydrogens (tertiary/aromatic N) is 1. The first-order chi connectivity index (χ1) is 14.6.